The number of ether oxygens (including phenoxy) is 6. The number of nitro benzene ring substituents is 2. The fraction of sp³-hybridized carbons (Fsp3) is 0.611. The molecule has 0 spiro atoms. The molecule has 40 heteroatoms. The third-order valence-corrected chi connectivity index (χ3v) is 29.7. The van der Waals surface area contributed by atoms with Crippen molar-refractivity contribution in [1.29, 1.82) is 0 Å². The van der Waals surface area contributed by atoms with Crippen molar-refractivity contribution >= 4 is 78.5 Å². The zero-order valence-corrected chi connectivity index (χ0v) is 71.0. The fourth-order valence-electron chi connectivity index (χ4n) is 11.3. The highest BCUT2D eigenvalue weighted by Crippen LogP contribution is 2.44. The molecular formula is C72H100BrF3IN9O24Si2. The minimum absolute atomic E-state index is 0.00756. The molecule has 3 aliphatic rings. The number of halogens is 5. The maximum atomic E-state index is 13.6. The first kappa shape index (κ1) is 93.6. The molecule has 3 aromatic heterocycles. The van der Waals surface area contributed by atoms with Crippen LogP contribution in [0.2, 0.25) is 36.3 Å². The largest absolute Gasteiger partial charge is 0.471 e. The molecular weight excluding hydrogens is 1690 g/mol. The van der Waals surface area contributed by atoms with Gasteiger partial charge in [-0.2, -0.15) is 17.7 Å². The van der Waals surface area contributed by atoms with Gasteiger partial charge in [-0.1, -0.05) is 97.0 Å². The first-order chi connectivity index (χ1) is 51.8. The lowest BCUT2D eigenvalue weighted by molar-refractivity contribution is -0.386. The number of rotatable bonds is 24. The lowest BCUT2D eigenvalue weighted by Crippen LogP contribution is -2.48. The van der Waals surface area contributed by atoms with E-state index in [1.54, 1.807) is 52.1 Å². The van der Waals surface area contributed by atoms with E-state index in [0.29, 0.717) is 26.7 Å². The maximum Gasteiger partial charge on any atom is 0.471 e. The van der Waals surface area contributed by atoms with E-state index in [0.717, 1.165) is 15.2 Å². The molecule has 1 amide bonds. The quantitative estimate of drug-likeness (QED) is 0.00756. The molecule has 6 heterocycles. The molecule has 0 unspecified atom stereocenters. The van der Waals surface area contributed by atoms with Crippen LogP contribution in [-0.4, -0.2) is 162 Å². The predicted molar refractivity (Wildman–Crippen MR) is 418 cm³/mol. The van der Waals surface area contributed by atoms with Gasteiger partial charge in [-0.3, -0.25) is 63.1 Å². The first-order valence-electron chi connectivity index (χ1n) is 35.8. The summed E-state index contributed by atoms with van der Waals surface area (Å²) in [6.07, 6.45) is -10.3. The molecule has 3 fully saturated rings. The van der Waals surface area contributed by atoms with Crippen molar-refractivity contribution in [2.75, 3.05) is 26.4 Å². The summed E-state index contributed by atoms with van der Waals surface area (Å²) in [5.41, 5.74) is -4.81. The molecule has 0 bridgehead atoms. The van der Waals surface area contributed by atoms with E-state index >= 15 is 0 Å². The lowest BCUT2D eigenvalue weighted by Gasteiger charge is -2.40. The summed E-state index contributed by atoms with van der Waals surface area (Å²) >= 11 is 5.31. The number of amides is 1. The van der Waals surface area contributed by atoms with Gasteiger partial charge in [0, 0.05) is 70.0 Å². The monoisotopic (exact) mass is 1790 g/mol. The van der Waals surface area contributed by atoms with Crippen LogP contribution in [0.25, 0.3) is 0 Å². The number of nitrogens with zero attached hydrogens (tertiary/aromatic N) is 6. The number of hydrogen-bond acceptors (Lipinski definition) is 24. The summed E-state index contributed by atoms with van der Waals surface area (Å²) in [7, 11) is -4.28. The number of carbonyl (C=O) groups excluding carboxylic acids is 2. The van der Waals surface area contributed by atoms with Gasteiger partial charge in [-0.15, -0.1) is 0 Å². The molecule has 112 heavy (non-hydrogen) atoms. The third kappa shape index (κ3) is 24.2. The average molecular weight is 1800 g/mol. The van der Waals surface area contributed by atoms with Crippen LogP contribution in [0, 0.1) is 47.5 Å². The number of carbonyl (C=O) groups is 2. The van der Waals surface area contributed by atoms with Crippen LogP contribution in [-0.2, 0) is 60.6 Å². The summed E-state index contributed by atoms with van der Waals surface area (Å²) in [6, 6.07) is 8.72. The highest BCUT2D eigenvalue weighted by molar-refractivity contribution is 14.1. The molecule has 3 saturated heterocycles. The normalized spacial score (nSPS) is 20.8. The zero-order valence-electron chi connectivity index (χ0n) is 65.3. The molecule has 7 N–H and O–H groups in total. The van der Waals surface area contributed by atoms with Crippen LogP contribution in [0.4, 0.5) is 29.3 Å². The number of aromatic amines is 2. The Balaban J connectivity index is 0.000000264. The Morgan fingerprint density at radius 2 is 1.13 bits per heavy atom. The van der Waals surface area contributed by atoms with Gasteiger partial charge in [0.15, 0.2) is 16.6 Å². The number of aliphatic hydroxyl groups excluding tert-OH is 4. The van der Waals surface area contributed by atoms with Crippen molar-refractivity contribution in [3.63, 3.8) is 0 Å². The van der Waals surface area contributed by atoms with Gasteiger partial charge in [0.2, 0.25) is 0 Å². The standard InChI is InChI=1S/C27H49BrN2O7Si2.C25H27F3N4O9.C20H24IN3O8/c1-25(2,3)36-24(33)30-22(31)18(15-28)16-29(23(30)32)21-14-19(37-39(12,13)27(7,8)9)20(35-21)17-34-38(10,11)26(4,5)6;1-13(2)21(16-6-5-14(8-17(16)32(38)39)4-3-7-29-23(36)25(26,27)28)40-12-15-10-31(24(37)30-22(15)35)20-9-18(34)19(11-33)41-20;1-10(2)18(13-4-3-12(21)5-14(13)24(29)30)31-9-11-7-23(20(28)22-19(11)27)17-6-15(26)16(8-25)32-17/h16,19-21H,14-15,17H2,1-13H3;5-6,8,10,13,18-21,33-34H,7,9,11-12H2,1-2H3,(H,29,36)(H,30,35,37);3-5,7,10,15-18,25-26H,6,8-9H2,1-2H3,(H,22,27,28)/t19-,20+,21+;18-,19-,20-,21-;15-,16-,17-,18-/m011/s1. The highest BCUT2D eigenvalue weighted by Gasteiger charge is 2.48. The lowest BCUT2D eigenvalue weighted by atomic mass is 9.96. The van der Waals surface area contributed by atoms with E-state index in [4.69, 9.17) is 37.3 Å². The van der Waals surface area contributed by atoms with E-state index in [2.05, 4.69) is 105 Å². The van der Waals surface area contributed by atoms with Gasteiger partial charge in [-0.05, 0) is 116 Å². The number of nitrogens with one attached hydrogen (secondary N) is 3. The van der Waals surface area contributed by atoms with E-state index in [9.17, 15) is 92.2 Å². The number of benzene rings is 2. The second-order valence-electron chi connectivity index (χ2n) is 31.7. The Morgan fingerprint density at radius 1 is 0.688 bits per heavy atom. The Kier molecular flexibility index (Phi) is 32.2. The van der Waals surface area contributed by atoms with Crippen LogP contribution in [0.1, 0.15) is 174 Å². The molecule has 33 nitrogen and oxygen atoms in total. The molecule has 0 radical (unpaired) electrons. The fourth-order valence-corrected chi connectivity index (χ4v) is 14.6. The van der Waals surface area contributed by atoms with Crippen molar-refractivity contribution < 1.29 is 90.3 Å². The minimum Gasteiger partial charge on any atom is -0.443 e. The Bertz CT molecular complexity index is 4630. The Hall–Kier alpha value is -7.23. The zero-order chi connectivity index (χ0) is 84.4. The van der Waals surface area contributed by atoms with Gasteiger partial charge in [0.1, 0.15) is 42.6 Å². The number of nitro groups is 2. The molecule has 3 aliphatic heterocycles. The summed E-state index contributed by atoms with van der Waals surface area (Å²) in [6.45, 7) is 32.2. The van der Waals surface area contributed by atoms with Crippen molar-refractivity contribution in [2.24, 2.45) is 11.8 Å². The number of hydrogen-bond donors (Lipinski definition) is 7. The number of H-pyrrole nitrogens is 2. The minimum atomic E-state index is -5.06. The molecule has 8 rings (SSSR count). The average Bonchev–Trinajstić information content (AvgIpc) is 1.74. The Labute approximate surface area is 666 Å². The summed E-state index contributed by atoms with van der Waals surface area (Å²) in [4.78, 5) is 126. The number of alkyl halides is 4. The molecule has 5 aromatic rings. The second kappa shape index (κ2) is 38.5. The van der Waals surface area contributed by atoms with Gasteiger partial charge in [0.05, 0.1) is 102 Å². The van der Waals surface area contributed by atoms with Gasteiger partial charge in [-0.25, -0.2) is 19.2 Å². The maximum absolute atomic E-state index is 13.6. The summed E-state index contributed by atoms with van der Waals surface area (Å²) in [5.74, 6) is 2.10. The summed E-state index contributed by atoms with van der Waals surface area (Å²) < 4.78 is 89.5. The first-order valence-corrected chi connectivity index (χ1v) is 43.8. The van der Waals surface area contributed by atoms with Gasteiger partial charge in [0.25, 0.3) is 28.1 Å². The third-order valence-electron chi connectivity index (χ3n) is 19.4. The Morgan fingerprint density at radius 3 is 1.55 bits per heavy atom. The van der Waals surface area contributed by atoms with Crippen molar-refractivity contribution in [1.82, 2.24) is 33.6 Å². The SMILES string of the molecule is CC(C)(C)OC(=O)n1c(=O)c(CBr)cn([C@H]2C[C@H](O[Si](C)(C)C(C)(C)C)[C@@H](CO[Si](C)(C)C(C)(C)C)O2)c1=O.CC(C)[C@@H](OCc1cn([C@H]2C[C@@H](O)[C@@H](CO)O2)c(=O)[nH]c1=O)c1ccc(C#CCNC(=O)C(F)(F)F)cc1[N+](=O)[O-].CC(C)[C@@H](OCc1cn([C@H]2C[C@@H](O)[C@@H](CO)O2)c(=O)[nH]c1=O)c1ccc(I)cc1[N+](=O)[O-]. The summed E-state index contributed by atoms with van der Waals surface area (Å²) in [5, 5.41) is 63.6. The highest BCUT2D eigenvalue weighted by atomic mass is 127. The van der Waals surface area contributed by atoms with Gasteiger partial charge < -0.3 is 63.0 Å². The van der Waals surface area contributed by atoms with Crippen molar-refractivity contribution in [3.05, 3.63) is 175 Å². The van der Waals surface area contributed by atoms with Gasteiger partial charge >= 0.3 is 35.2 Å². The second-order valence-corrected chi connectivity index (χ2v) is 43.1. The molecule has 0 saturated carbocycles. The number of aliphatic hydroxyl groups is 4. The molecule has 0 aliphatic carbocycles. The van der Waals surface area contributed by atoms with Crippen LogP contribution in [0.15, 0.2) is 83.8 Å². The molecule has 2 aromatic carbocycles. The van der Waals surface area contributed by atoms with Crippen LogP contribution in [0.5, 0.6) is 0 Å². The van der Waals surface area contributed by atoms with Crippen molar-refractivity contribution in [2.45, 2.75) is 243 Å². The van der Waals surface area contributed by atoms with E-state index in [1.165, 1.54) is 41.4 Å². The van der Waals surface area contributed by atoms with Crippen LogP contribution in [0.3, 0.4) is 0 Å². The van der Waals surface area contributed by atoms with E-state index < -0.39 is 171 Å². The molecule has 620 valence electrons. The smallest absolute Gasteiger partial charge is 0.443 e. The van der Waals surface area contributed by atoms with E-state index in [1.807, 2.05) is 36.4 Å². The van der Waals surface area contributed by atoms with E-state index in [-0.39, 0.29) is 92.9 Å². The number of aromatic nitrogens is 6. The molecule has 11 atom stereocenters. The van der Waals surface area contributed by atoms with Crippen LogP contribution >= 0.6 is 38.5 Å². The van der Waals surface area contributed by atoms with Crippen LogP contribution < -0.4 is 39.1 Å². The topological polar surface area (TPSA) is 441 Å². The van der Waals surface area contributed by atoms with Crippen molar-refractivity contribution in [3.8, 4) is 11.8 Å². The predicted octanol–water partition coefficient (Wildman–Crippen LogP) is 9.02.